The van der Waals surface area contributed by atoms with Gasteiger partial charge in [-0.2, -0.15) is 0 Å². The molecule has 1 saturated carbocycles. The molecule has 0 aromatic carbocycles. The number of nitrogens with two attached hydrogens (primary N) is 1. The summed E-state index contributed by atoms with van der Waals surface area (Å²) in [6, 6.07) is 0.230. The molecule has 0 spiro atoms. The van der Waals surface area contributed by atoms with E-state index in [2.05, 4.69) is 20.3 Å². The number of rotatable bonds is 3. The van der Waals surface area contributed by atoms with Crippen LogP contribution in [0.4, 0.5) is 5.82 Å². The molecule has 5 N–H and O–H groups in total. The second-order valence-corrected chi connectivity index (χ2v) is 4.02. The van der Waals surface area contributed by atoms with Gasteiger partial charge in [0.15, 0.2) is 5.69 Å². The Labute approximate surface area is 92.5 Å². The van der Waals surface area contributed by atoms with Crippen LogP contribution in [-0.2, 0) is 0 Å². The molecule has 0 amide bonds. The van der Waals surface area contributed by atoms with Gasteiger partial charge < -0.3 is 16.2 Å². The minimum Gasteiger partial charge on any atom is -0.393 e. The lowest BCUT2D eigenvalue weighted by molar-refractivity contribution is 0.126. The van der Waals surface area contributed by atoms with Crippen LogP contribution in [0.15, 0.2) is 4.63 Å². The molecule has 1 aromatic rings. The smallest absolute Gasteiger partial charge is 0.202 e. The van der Waals surface area contributed by atoms with Crippen LogP contribution in [0.25, 0.3) is 0 Å². The van der Waals surface area contributed by atoms with Gasteiger partial charge in [-0.3, -0.25) is 5.41 Å². The maximum atomic E-state index is 9.37. The van der Waals surface area contributed by atoms with Crippen LogP contribution >= 0.6 is 0 Å². The summed E-state index contributed by atoms with van der Waals surface area (Å²) in [5, 5.41) is 27.0. The fraction of sp³-hybridized carbons (Fsp3) is 0.667. The average Bonchev–Trinajstić information content (AvgIpc) is 2.69. The van der Waals surface area contributed by atoms with Crippen molar-refractivity contribution in [3.63, 3.8) is 0 Å². The molecule has 1 heterocycles. The number of nitrogens with zero attached hydrogens (tertiary/aromatic N) is 2. The zero-order valence-electron chi connectivity index (χ0n) is 8.81. The number of anilines is 1. The molecule has 0 radical (unpaired) electrons. The highest BCUT2D eigenvalue weighted by Crippen LogP contribution is 2.22. The van der Waals surface area contributed by atoms with Crippen molar-refractivity contribution >= 4 is 11.7 Å². The standard InChI is InChI=1S/C9H15N5O2/c10-8(11)7-9(14-16-13-7)12-5-1-3-6(15)4-2-5/h5-6,15H,1-4H2,(H3,10,11)(H,12,14). The van der Waals surface area contributed by atoms with Gasteiger partial charge in [-0.05, 0) is 36.0 Å². The van der Waals surface area contributed by atoms with Crippen LogP contribution < -0.4 is 11.1 Å². The summed E-state index contributed by atoms with van der Waals surface area (Å²) in [5.74, 6) is 0.244. The van der Waals surface area contributed by atoms with Crippen molar-refractivity contribution in [1.29, 1.82) is 5.41 Å². The van der Waals surface area contributed by atoms with Gasteiger partial charge in [-0.25, -0.2) is 4.63 Å². The Balaban J connectivity index is 1.98. The number of nitrogen functional groups attached to an aromatic ring is 1. The zero-order chi connectivity index (χ0) is 11.5. The first-order chi connectivity index (χ1) is 7.66. The van der Waals surface area contributed by atoms with E-state index < -0.39 is 0 Å². The van der Waals surface area contributed by atoms with Crippen molar-refractivity contribution in [3.05, 3.63) is 5.69 Å². The molecule has 2 rings (SSSR count). The van der Waals surface area contributed by atoms with E-state index in [-0.39, 0.29) is 23.7 Å². The predicted octanol–water partition coefficient (Wildman–Crippen LogP) is 0.0691. The van der Waals surface area contributed by atoms with Gasteiger partial charge in [0, 0.05) is 6.04 Å². The van der Waals surface area contributed by atoms with Crippen molar-refractivity contribution in [3.8, 4) is 0 Å². The van der Waals surface area contributed by atoms with Crippen LogP contribution in [0, 0.1) is 5.41 Å². The summed E-state index contributed by atoms with van der Waals surface area (Å²) >= 11 is 0. The summed E-state index contributed by atoms with van der Waals surface area (Å²) in [5.41, 5.74) is 5.57. The highest BCUT2D eigenvalue weighted by molar-refractivity contribution is 5.97. The van der Waals surface area contributed by atoms with Crippen molar-refractivity contribution in [2.75, 3.05) is 5.32 Å². The van der Waals surface area contributed by atoms with E-state index >= 15 is 0 Å². The largest absolute Gasteiger partial charge is 0.393 e. The average molecular weight is 225 g/mol. The number of aliphatic hydroxyl groups is 1. The topological polar surface area (TPSA) is 121 Å². The predicted molar refractivity (Wildman–Crippen MR) is 57.2 cm³/mol. The summed E-state index contributed by atoms with van der Waals surface area (Å²) in [7, 11) is 0. The highest BCUT2D eigenvalue weighted by atomic mass is 16.6. The third-order valence-corrected chi connectivity index (χ3v) is 2.78. The normalized spacial score (nSPS) is 25.3. The monoisotopic (exact) mass is 225 g/mol. The fourth-order valence-electron chi connectivity index (χ4n) is 1.87. The molecule has 0 bridgehead atoms. The molecule has 7 nitrogen and oxygen atoms in total. The number of aliphatic hydroxyl groups excluding tert-OH is 1. The van der Waals surface area contributed by atoms with Gasteiger partial charge in [0.1, 0.15) is 5.84 Å². The van der Waals surface area contributed by atoms with Gasteiger partial charge in [-0.1, -0.05) is 0 Å². The van der Waals surface area contributed by atoms with E-state index in [0.29, 0.717) is 5.82 Å². The SMILES string of the molecule is N=C(N)c1nonc1NC1CCC(O)CC1. The maximum Gasteiger partial charge on any atom is 0.202 e. The first-order valence-corrected chi connectivity index (χ1v) is 5.28. The van der Waals surface area contributed by atoms with E-state index in [1.165, 1.54) is 0 Å². The van der Waals surface area contributed by atoms with Crippen molar-refractivity contribution in [2.24, 2.45) is 5.73 Å². The molecule has 1 aliphatic rings. The van der Waals surface area contributed by atoms with Crippen LogP contribution in [0.2, 0.25) is 0 Å². The Morgan fingerprint density at radius 2 is 2.06 bits per heavy atom. The Kier molecular flexibility index (Phi) is 3.04. The quantitative estimate of drug-likeness (QED) is 0.426. The number of hydrogen-bond acceptors (Lipinski definition) is 6. The molecular weight excluding hydrogens is 210 g/mol. The Morgan fingerprint density at radius 3 is 2.69 bits per heavy atom. The molecule has 1 aliphatic carbocycles. The molecule has 0 saturated heterocycles. The first-order valence-electron chi connectivity index (χ1n) is 5.28. The van der Waals surface area contributed by atoms with Crippen LogP contribution in [0.1, 0.15) is 31.4 Å². The zero-order valence-corrected chi connectivity index (χ0v) is 8.81. The van der Waals surface area contributed by atoms with Crippen LogP contribution in [0.3, 0.4) is 0 Å². The van der Waals surface area contributed by atoms with E-state index in [1.807, 2.05) is 0 Å². The van der Waals surface area contributed by atoms with E-state index in [1.54, 1.807) is 0 Å². The Hall–Kier alpha value is -1.63. The number of nitrogens with one attached hydrogen (secondary N) is 2. The molecule has 88 valence electrons. The Morgan fingerprint density at radius 1 is 1.38 bits per heavy atom. The first kappa shape index (κ1) is 10.9. The highest BCUT2D eigenvalue weighted by Gasteiger charge is 2.22. The van der Waals surface area contributed by atoms with Crippen LogP contribution in [0.5, 0.6) is 0 Å². The number of hydrogen-bond donors (Lipinski definition) is 4. The molecule has 0 aliphatic heterocycles. The fourth-order valence-corrected chi connectivity index (χ4v) is 1.87. The molecule has 7 heteroatoms. The van der Waals surface area contributed by atoms with Gasteiger partial charge in [0.25, 0.3) is 0 Å². The molecule has 0 unspecified atom stereocenters. The lowest BCUT2D eigenvalue weighted by Gasteiger charge is -2.25. The third-order valence-electron chi connectivity index (χ3n) is 2.78. The van der Waals surface area contributed by atoms with Gasteiger partial charge in [0.2, 0.25) is 5.82 Å². The second-order valence-electron chi connectivity index (χ2n) is 4.02. The summed E-state index contributed by atoms with van der Waals surface area (Å²) < 4.78 is 4.54. The molecule has 1 fully saturated rings. The second kappa shape index (κ2) is 4.48. The van der Waals surface area contributed by atoms with E-state index in [4.69, 9.17) is 11.1 Å². The summed E-state index contributed by atoms with van der Waals surface area (Å²) in [6.07, 6.45) is 3.09. The summed E-state index contributed by atoms with van der Waals surface area (Å²) in [4.78, 5) is 0. The molecule has 0 atom stereocenters. The third kappa shape index (κ3) is 2.30. The van der Waals surface area contributed by atoms with Crippen molar-refractivity contribution < 1.29 is 9.74 Å². The number of aromatic nitrogens is 2. The lowest BCUT2D eigenvalue weighted by atomic mass is 9.93. The number of amidine groups is 1. The molecule has 1 aromatic heterocycles. The minimum atomic E-state index is -0.194. The van der Waals surface area contributed by atoms with Crippen molar-refractivity contribution in [1.82, 2.24) is 10.3 Å². The lowest BCUT2D eigenvalue weighted by Crippen LogP contribution is -2.29. The van der Waals surface area contributed by atoms with E-state index in [0.717, 1.165) is 25.7 Å². The van der Waals surface area contributed by atoms with Gasteiger partial charge in [-0.15, -0.1) is 0 Å². The van der Waals surface area contributed by atoms with Crippen molar-refractivity contribution in [2.45, 2.75) is 37.8 Å². The minimum absolute atomic E-state index is 0.167. The van der Waals surface area contributed by atoms with Crippen LogP contribution in [-0.4, -0.2) is 33.4 Å². The molecular formula is C9H15N5O2. The molecule has 16 heavy (non-hydrogen) atoms. The Bertz CT molecular complexity index is 370. The van der Waals surface area contributed by atoms with E-state index in [9.17, 15) is 5.11 Å². The van der Waals surface area contributed by atoms with Gasteiger partial charge in [0.05, 0.1) is 6.10 Å². The van der Waals surface area contributed by atoms with Gasteiger partial charge >= 0.3 is 0 Å². The maximum absolute atomic E-state index is 9.37. The summed E-state index contributed by atoms with van der Waals surface area (Å²) in [6.45, 7) is 0.